The fourth-order valence-electron chi connectivity index (χ4n) is 3.18. The lowest BCUT2D eigenvalue weighted by molar-refractivity contribution is 0.0531. The number of carbonyl (C=O) groups excluding carboxylic acids is 2. The summed E-state index contributed by atoms with van der Waals surface area (Å²) in [6.07, 6.45) is 3.08. The summed E-state index contributed by atoms with van der Waals surface area (Å²) in [6.45, 7) is 2.12. The third kappa shape index (κ3) is 3.46. The van der Waals surface area contributed by atoms with Gasteiger partial charge in [-0.05, 0) is 48.8 Å². The Balaban J connectivity index is 1.98. The molecule has 1 aromatic carbocycles. The van der Waals surface area contributed by atoms with E-state index in [1.807, 2.05) is 30.5 Å². The second kappa shape index (κ2) is 7.62. The number of hydrogen-bond donors (Lipinski definition) is 0. The number of rotatable bonds is 5. The summed E-state index contributed by atoms with van der Waals surface area (Å²) in [5, 5.41) is 0. The number of carbonyl (C=O) groups is 2. The van der Waals surface area contributed by atoms with Crippen LogP contribution in [0.3, 0.4) is 0 Å². The van der Waals surface area contributed by atoms with Crippen molar-refractivity contribution in [2.75, 3.05) is 20.0 Å². The van der Waals surface area contributed by atoms with E-state index in [-0.39, 0.29) is 17.7 Å². The molecule has 0 N–H and O–H groups in total. The first kappa shape index (κ1) is 18.0. The number of hydrogen-bond acceptors (Lipinski definition) is 6. The third-order valence-electron chi connectivity index (χ3n) is 4.37. The van der Waals surface area contributed by atoms with Gasteiger partial charge >= 0.3 is 5.97 Å². The van der Waals surface area contributed by atoms with Crippen molar-refractivity contribution in [2.45, 2.75) is 29.9 Å². The first-order valence-electron chi connectivity index (χ1n) is 8.12. The predicted molar refractivity (Wildman–Crippen MR) is 100 cm³/mol. The molecular formula is C19H20O4S2. The second-order valence-electron chi connectivity index (χ2n) is 5.80. The van der Waals surface area contributed by atoms with Crippen LogP contribution in [0.15, 0.2) is 28.5 Å². The summed E-state index contributed by atoms with van der Waals surface area (Å²) < 4.78 is 11.3. The zero-order valence-electron chi connectivity index (χ0n) is 14.5. The highest BCUT2D eigenvalue weighted by Crippen LogP contribution is 2.43. The molecule has 1 atom stereocenters. The molecule has 1 aromatic heterocycles. The average Bonchev–Trinajstić information content (AvgIpc) is 3.01. The van der Waals surface area contributed by atoms with E-state index in [0.29, 0.717) is 24.3 Å². The topological polar surface area (TPSA) is 52.6 Å². The van der Waals surface area contributed by atoms with Crippen LogP contribution >= 0.6 is 23.1 Å². The molecule has 1 unspecified atom stereocenters. The van der Waals surface area contributed by atoms with Gasteiger partial charge in [-0.25, -0.2) is 4.79 Å². The molecule has 0 aliphatic heterocycles. The van der Waals surface area contributed by atoms with Gasteiger partial charge in [0.05, 0.1) is 17.9 Å². The number of Topliss-reactive ketones (excluding diaryl/α,β-unsaturated/α-hetero) is 1. The number of methoxy groups -OCH3 is 1. The molecule has 1 aliphatic rings. The van der Waals surface area contributed by atoms with Gasteiger partial charge in [0.2, 0.25) is 0 Å². The normalized spacial score (nSPS) is 16.4. The van der Waals surface area contributed by atoms with Crippen molar-refractivity contribution in [1.29, 1.82) is 0 Å². The zero-order chi connectivity index (χ0) is 18.0. The Bertz CT molecular complexity index is 793. The summed E-state index contributed by atoms with van der Waals surface area (Å²) in [6, 6.07) is 7.80. The van der Waals surface area contributed by atoms with Crippen LogP contribution < -0.4 is 4.74 Å². The highest BCUT2D eigenvalue weighted by molar-refractivity contribution is 8.00. The zero-order valence-corrected chi connectivity index (χ0v) is 16.1. The maximum Gasteiger partial charge on any atom is 0.348 e. The van der Waals surface area contributed by atoms with E-state index in [0.717, 1.165) is 26.6 Å². The molecule has 0 amide bonds. The fourth-order valence-corrected chi connectivity index (χ4v) is 5.18. The summed E-state index contributed by atoms with van der Waals surface area (Å²) in [5.41, 5.74) is 2.67. The summed E-state index contributed by atoms with van der Waals surface area (Å²) in [7, 11) is 1.63. The van der Waals surface area contributed by atoms with Crippen LogP contribution in [0, 0.1) is 0 Å². The number of ether oxygens (including phenoxy) is 2. The first-order valence-corrected chi connectivity index (χ1v) is 10.2. The molecule has 3 rings (SSSR count). The van der Waals surface area contributed by atoms with Crippen molar-refractivity contribution in [1.82, 2.24) is 0 Å². The van der Waals surface area contributed by atoms with Crippen molar-refractivity contribution in [2.24, 2.45) is 0 Å². The quantitative estimate of drug-likeness (QED) is 0.565. The Hall–Kier alpha value is -1.79. The van der Waals surface area contributed by atoms with E-state index in [1.54, 1.807) is 14.0 Å². The van der Waals surface area contributed by atoms with E-state index in [2.05, 4.69) is 0 Å². The van der Waals surface area contributed by atoms with Gasteiger partial charge in [0.15, 0.2) is 5.78 Å². The number of thiophene rings is 1. The molecule has 25 heavy (non-hydrogen) atoms. The lowest BCUT2D eigenvalue weighted by Gasteiger charge is -2.23. The molecule has 0 fully saturated rings. The van der Waals surface area contributed by atoms with Crippen molar-refractivity contribution in [3.8, 4) is 5.75 Å². The highest BCUT2D eigenvalue weighted by atomic mass is 32.2. The molecule has 0 spiro atoms. The van der Waals surface area contributed by atoms with Crippen molar-refractivity contribution >= 4 is 34.9 Å². The van der Waals surface area contributed by atoms with Crippen LogP contribution in [0.1, 0.15) is 50.4 Å². The minimum Gasteiger partial charge on any atom is -0.497 e. The van der Waals surface area contributed by atoms with Gasteiger partial charge in [0.25, 0.3) is 0 Å². The fraction of sp³-hybridized carbons (Fsp3) is 0.368. The maximum absolute atomic E-state index is 12.8. The lowest BCUT2D eigenvalue weighted by atomic mass is 9.80. The maximum atomic E-state index is 12.8. The second-order valence-corrected chi connectivity index (χ2v) is 7.89. The van der Waals surface area contributed by atoms with E-state index in [4.69, 9.17) is 9.47 Å². The number of thioether (sulfide) groups is 1. The van der Waals surface area contributed by atoms with E-state index in [9.17, 15) is 9.59 Å². The van der Waals surface area contributed by atoms with Gasteiger partial charge in [-0.2, -0.15) is 0 Å². The van der Waals surface area contributed by atoms with Gasteiger partial charge in [-0.3, -0.25) is 4.79 Å². The van der Waals surface area contributed by atoms with Crippen LogP contribution in [0.2, 0.25) is 0 Å². The van der Waals surface area contributed by atoms with Crippen molar-refractivity contribution in [3.63, 3.8) is 0 Å². The number of esters is 1. The molecule has 4 nitrogen and oxygen atoms in total. The number of ketones is 1. The Morgan fingerprint density at radius 2 is 2.00 bits per heavy atom. The molecule has 1 aliphatic carbocycles. The summed E-state index contributed by atoms with van der Waals surface area (Å²) in [4.78, 5) is 25.7. The standard InChI is InChI=1S/C19H20O4S2/c1-4-23-18(21)17-14-9-12(11-5-7-13(22-2)8-6-11)10-15(20)16(14)19(24-3)25-17/h5-8,12H,4,9-10H2,1-3H3. The molecule has 0 saturated heterocycles. The van der Waals surface area contributed by atoms with Gasteiger partial charge < -0.3 is 9.47 Å². The molecule has 0 bridgehead atoms. The monoisotopic (exact) mass is 376 g/mol. The van der Waals surface area contributed by atoms with E-state index in [1.165, 1.54) is 23.1 Å². The van der Waals surface area contributed by atoms with Crippen LogP contribution in [-0.2, 0) is 11.2 Å². The smallest absolute Gasteiger partial charge is 0.348 e. The third-order valence-corrected chi connectivity index (χ3v) is 6.70. The van der Waals surface area contributed by atoms with Crippen molar-refractivity contribution < 1.29 is 19.1 Å². The predicted octanol–water partition coefficient (Wildman–Crippen LogP) is 4.57. The minimum absolute atomic E-state index is 0.0726. The van der Waals surface area contributed by atoms with Gasteiger partial charge in [0.1, 0.15) is 10.6 Å². The lowest BCUT2D eigenvalue weighted by Crippen LogP contribution is -2.20. The van der Waals surface area contributed by atoms with Gasteiger partial charge in [-0.15, -0.1) is 23.1 Å². The van der Waals surface area contributed by atoms with Crippen molar-refractivity contribution in [3.05, 3.63) is 45.8 Å². The van der Waals surface area contributed by atoms with Crippen LogP contribution in [0.4, 0.5) is 0 Å². The number of benzene rings is 1. The Kier molecular flexibility index (Phi) is 5.49. The molecule has 0 saturated carbocycles. The molecule has 132 valence electrons. The van der Waals surface area contributed by atoms with Crippen LogP contribution in [0.25, 0.3) is 0 Å². The minimum atomic E-state index is -0.327. The Morgan fingerprint density at radius 1 is 1.28 bits per heavy atom. The van der Waals surface area contributed by atoms with Gasteiger partial charge in [-0.1, -0.05) is 12.1 Å². The van der Waals surface area contributed by atoms with Gasteiger partial charge in [0, 0.05) is 12.0 Å². The van der Waals surface area contributed by atoms with E-state index < -0.39 is 0 Å². The Morgan fingerprint density at radius 3 is 2.60 bits per heavy atom. The summed E-state index contributed by atoms with van der Waals surface area (Å²) in [5.74, 6) is 0.646. The largest absolute Gasteiger partial charge is 0.497 e. The number of fused-ring (bicyclic) bond motifs is 1. The Labute approximate surface area is 155 Å². The highest BCUT2D eigenvalue weighted by Gasteiger charge is 2.34. The molecular weight excluding hydrogens is 356 g/mol. The SMILES string of the molecule is CCOC(=O)c1sc(SC)c2c1CC(c1ccc(OC)cc1)CC2=O. The molecule has 1 heterocycles. The first-order chi connectivity index (χ1) is 12.1. The molecule has 2 aromatic rings. The molecule has 6 heteroatoms. The van der Waals surface area contributed by atoms with E-state index >= 15 is 0 Å². The van der Waals surface area contributed by atoms with Crippen LogP contribution in [0.5, 0.6) is 5.75 Å². The summed E-state index contributed by atoms with van der Waals surface area (Å²) >= 11 is 2.90. The van der Waals surface area contributed by atoms with Crippen LogP contribution in [-0.4, -0.2) is 31.7 Å². The average molecular weight is 376 g/mol. The molecule has 0 radical (unpaired) electrons.